The number of nitrogens with zero attached hydrogens (tertiary/aromatic N) is 5. The number of fused-ring (bicyclic) bond motifs is 2. The second-order valence-electron chi connectivity index (χ2n) is 6.36. The van der Waals surface area contributed by atoms with E-state index in [1.54, 1.807) is 28.2 Å². The van der Waals surface area contributed by atoms with E-state index in [1.807, 2.05) is 59.4 Å². The van der Waals surface area contributed by atoms with Crippen molar-refractivity contribution in [3.05, 3.63) is 65.8 Å². The van der Waals surface area contributed by atoms with E-state index in [9.17, 15) is 4.79 Å². The minimum Gasteiger partial charge on any atom is -0.322 e. The van der Waals surface area contributed by atoms with Gasteiger partial charge >= 0.3 is 0 Å². The number of anilines is 1. The maximum Gasteiger partial charge on any atom is 0.255 e. The van der Waals surface area contributed by atoms with Gasteiger partial charge in [-0.25, -0.2) is 9.67 Å². The van der Waals surface area contributed by atoms with Crippen molar-refractivity contribution in [2.75, 3.05) is 5.32 Å². The summed E-state index contributed by atoms with van der Waals surface area (Å²) in [5.74, 6) is -0.178. The van der Waals surface area contributed by atoms with Crippen molar-refractivity contribution >= 4 is 38.9 Å². The van der Waals surface area contributed by atoms with E-state index >= 15 is 0 Å². The third kappa shape index (κ3) is 2.84. The maximum absolute atomic E-state index is 12.6. The monoisotopic (exact) mass is 388 g/mol. The summed E-state index contributed by atoms with van der Waals surface area (Å²) in [7, 11) is 0. The van der Waals surface area contributed by atoms with E-state index < -0.39 is 0 Å². The van der Waals surface area contributed by atoms with Gasteiger partial charge in [0.25, 0.3) is 5.91 Å². The molecule has 0 bridgehead atoms. The average molecular weight is 388 g/mol. The summed E-state index contributed by atoms with van der Waals surface area (Å²) >= 11 is 1.60. The normalized spacial score (nSPS) is 11.3. The topological polar surface area (TPSA) is 77.1 Å². The van der Waals surface area contributed by atoms with Gasteiger partial charge in [0, 0.05) is 41.1 Å². The van der Waals surface area contributed by atoms with Crippen molar-refractivity contribution in [3.8, 4) is 11.3 Å². The zero-order valence-electron chi connectivity index (χ0n) is 15.0. The van der Waals surface area contributed by atoms with Crippen LogP contribution in [-0.2, 0) is 6.54 Å². The quantitative estimate of drug-likeness (QED) is 0.503. The second-order valence-corrected chi connectivity index (χ2v) is 7.23. The first kappa shape index (κ1) is 16.6. The molecule has 2 aromatic carbocycles. The van der Waals surface area contributed by atoms with E-state index in [0.29, 0.717) is 11.1 Å². The van der Waals surface area contributed by atoms with Crippen molar-refractivity contribution in [2.45, 2.75) is 13.5 Å². The Morgan fingerprint density at radius 2 is 2.04 bits per heavy atom. The molecule has 0 radical (unpaired) electrons. The molecule has 0 saturated carbocycles. The molecule has 0 fully saturated rings. The first-order valence-corrected chi connectivity index (χ1v) is 9.76. The van der Waals surface area contributed by atoms with E-state index in [-0.39, 0.29) is 5.91 Å². The molecule has 0 aliphatic heterocycles. The number of imidazole rings is 1. The summed E-state index contributed by atoms with van der Waals surface area (Å²) in [4.78, 5) is 18.2. The Labute approximate surface area is 164 Å². The summed E-state index contributed by atoms with van der Waals surface area (Å²) < 4.78 is 3.80. The van der Waals surface area contributed by atoms with Crippen LogP contribution < -0.4 is 5.32 Å². The van der Waals surface area contributed by atoms with Crippen LogP contribution >= 0.6 is 11.3 Å². The number of amides is 1. The van der Waals surface area contributed by atoms with Gasteiger partial charge in [-0.1, -0.05) is 17.3 Å². The Balaban J connectivity index is 1.35. The number of nitrogens with one attached hydrogen (secondary N) is 1. The predicted octanol–water partition coefficient (Wildman–Crippen LogP) is 4.08. The van der Waals surface area contributed by atoms with Crippen LogP contribution in [0.2, 0.25) is 0 Å². The molecule has 0 aliphatic carbocycles. The fraction of sp³-hybridized carbons (Fsp3) is 0.100. The highest BCUT2D eigenvalue weighted by Gasteiger charge is 2.11. The van der Waals surface area contributed by atoms with Crippen molar-refractivity contribution in [1.29, 1.82) is 0 Å². The largest absolute Gasteiger partial charge is 0.322 e. The SMILES string of the molecule is CCn1nnc2cc(C(=O)Nc3ccc(-c4cn5ccsc5n4)cc3)ccc21. The Morgan fingerprint density at radius 1 is 1.18 bits per heavy atom. The Morgan fingerprint density at radius 3 is 2.82 bits per heavy atom. The summed E-state index contributed by atoms with van der Waals surface area (Å²) in [6.07, 6.45) is 3.99. The summed E-state index contributed by atoms with van der Waals surface area (Å²) in [6.45, 7) is 2.74. The van der Waals surface area contributed by atoms with Crippen LogP contribution in [0.3, 0.4) is 0 Å². The molecule has 138 valence electrons. The van der Waals surface area contributed by atoms with Crippen molar-refractivity contribution < 1.29 is 4.79 Å². The molecular formula is C20H16N6OS. The average Bonchev–Trinajstić information content (AvgIpc) is 3.42. The molecule has 28 heavy (non-hydrogen) atoms. The van der Waals surface area contributed by atoms with Crippen molar-refractivity contribution in [1.82, 2.24) is 24.4 Å². The van der Waals surface area contributed by atoms with Crippen LogP contribution in [0.25, 0.3) is 27.3 Å². The molecule has 8 heteroatoms. The number of carbonyl (C=O) groups is 1. The number of rotatable bonds is 4. The molecule has 0 atom stereocenters. The Kier molecular flexibility index (Phi) is 3.91. The van der Waals surface area contributed by atoms with Gasteiger partial charge in [-0.05, 0) is 37.3 Å². The summed E-state index contributed by atoms with van der Waals surface area (Å²) in [5, 5.41) is 13.1. The smallest absolute Gasteiger partial charge is 0.255 e. The van der Waals surface area contributed by atoms with Gasteiger partial charge in [-0.2, -0.15) is 0 Å². The fourth-order valence-electron chi connectivity index (χ4n) is 3.14. The minimum atomic E-state index is -0.178. The molecule has 7 nitrogen and oxygen atoms in total. The summed E-state index contributed by atoms with van der Waals surface area (Å²) in [5.41, 5.74) is 4.83. The van der Waals surface area contributed by atoms with Gasteiger partial charge < -0.3 is 5.32 Å². The van der Waals surface area contributed by atoms with E-state index in [4.69, 9.17) is 0 Å². The number of hydrogen-bond donors (Lipinski definition) is 1. The molecular weight excluding hydrogens is 372 g/mol. The van der Waals surface area contributed by atoms with Gasteiger partial charge in [-0.3, -0.25) is 9.20 Å². The highest BCUT2D eigenvalue weighted by atomic mass is 32.1. The number of aryl methyl sites for hydroxylation is 1. The number of carbonyl (C=O) groups excluding carboxylic acids is 1. The van der Waals surface area contributed by atoms with Gasteiger partial charge in [0.15, 0.2) is 4.96 Å². The molecule has 1 N–H and O–H groups in total. The molecule has 0 unspecified atom stereocenters. The van der Waals surface area contributed by atoms with Crippen molar-refractivity contribution in [3.63, 3.8) is 0 Å². The van der Waals surface area contributed by atoms with E-state index in [0.717, 1.165) is 34.0 Å². The Hall–Kier alpha value is -3.52. The van der Waals surface area contributed by atoms with Crippen LogP contribution in [0, 0.1) is 0 Å². The zero-order chi connectivity index (χ0) is 19.1. The fourth-order valence-corrected chi connectivity index (χ4v) is 3.84. The highest BCUT2D eigenvalue weighted by Crippen LogP contribution is 2.23. The molecule has 0 saturated heterocycles. The third-order valence-corrected chi connectivity index (χ3v) is 5.38. The van der Waals surface area contributed by atoms with E-state index in [1.165, 1.54) is 0 Å². The lowest BCUT2D eigenvalue weighted by molar-refractivity contribution is 0.102. The van der Waals surface area contributed by atoms with Gasteiger partial charge in [0.2, 0.25) is 0 Å². The second kappa shape index (κ2) is 6.58. The molecule has 0 aliphatic rings. The third-order valence-electron chi connectivity index (χ3n) is 4.61. The maximum atomic E-state index is 12.6. The zero-order valence-corrected chi connectivity index (χ0v) is 15.8. The number of hydrogen-bond acceptors (Lipinski definition) is 5. The van der Waals surface area contributed by atoms with Crippen molar-refractivity contribution in [2.24, 2.45) is 0 Å². The number of thiazole rings is 1. The molecule has 3 aromatic heterocycles. The first-order chi connectivity index (χ1) is 13.7. The van der Waals surface area contributed by atoms with Gasteiger partial charge in [0.05, 0.1) is 11.2 Å². The summed E-state index contributed by atoms with van der Waals surface area (Å²) in [6, 6.07) is 13.1. The number of aromatic nitrogens is 5. The molecule has 0 spiro atoms. The molecule has 5 aromatic rings. The Bertz CT molecular complexity index is 1270. The minimum absolute atomic E-state index is 0.178. The first-order valence-electron chi connectivity index (χ1n) is 8.88. The molecule has 3 heterocycles. The standard InChI is InChI=1S/C20H16N6OS/c1-2-26-18-8-5-14(11-16(18)23-24-26)19(27)21-15-6-3-13(4-7-15)17-12-25-9-10-28-20(25)22-17/h3-12H,2H2,1H3,(H,21,27). The highest BCUT2D eigenvalue weighted by molar-refractivity contribution is 7.15. The number of benzene rings is 2. The van der Waals surface area contributed by atoms with Gasteiger partial charge in [-0.15, -0.1) is 16.4 Å². The predicted molar refractivity (Wildman–Crippen MR) is 110 cm³/mol. The van der Waals surface area contributed by atoms with E-state index in [2.05, 4.69) is 20.6 Å². The molecule has 1 amide bonds. The lowest BCUT2D eigenvalue weighted by atomic mass is 10.1. The molecule has 5 rings (SSSR count). The van der Waals surface area contributed by atoms with Gasteiger partial charge in [0.1, 0.15) is 5.52 Å². The van der Waals surface area contributed by atoms with Crippen LogP contribution in [0.5, 0.6) is 0 Å². The van der Waals surface area contributed by atoms with Crippen LogP contribution in [0.15, 0.2) is 60.2 Å². The van der Waals surface area contributed by atoms with Crippen LogP contribution in [0.4, 0.5) is 5.69 Å². The van der Waals surface area contributed by atoms with Crippen LogP contribution in [0.1, 0.15) is 17.3 Å². The van der Waals surface area contributed by atoms with Crippen LogP contribution in [-0.4, -0.2) is 30.3 Å². The lowest BCUT2D eigenvalue weighted by Gasteiger charge is -2.06. The lowest BCUT2D eigenvalue weighted by Crippen LogP contribution is -2.11.